The molecule has 0 saturated carbocycles. The monoisotopic (exact) mass is 584 g/mol. The van der Waals surface area contributed by atoms with Crippen LogP contribution in [0.3, 0.4) is 0 Å². The van der Waals surface area contributed by atoms with Crippen molar-refractivity contribution in [2.45, 2.75) is 51.7 Å². The van der Waals surface area contributed by atoms with Gasteiger partial charge < -0.3 is 29.2 Å². The highest BCUT2D eigenvalue weighted by atomic mass is 16.6. The van der Waals surface area contributed by atoms with Crippen LogP contribution in [0.4, 0.5) is 0 Å². The van der Waals surface area contributed by atoms with Crippen LogP contribution in [0.2, 0.25) is 0 Å². The summed E-state index contributed by atoms with van der Waals surface area (Å²) in [5, 5.41) is 18.2. The Labute approximate surface area is 246 Å². The van der Waals surface area contributed by atoms with Crippen molar-refractivity contribution in [3.05, 3.63) is 83.9 Å². The van der Waals surface area contributed by atoms with E-state index < -0.39 is 35.7 Å². The van der Waals surface area contributed by atoms with E-state index in [1.165, 1.54) is 0 Å². The molecule has 2 unspecified atom stereocenters. The Balaban J connectivity index is 1.90. The third kappa shape index (κ3) is 13.1. The molecule has 2 aromatic carbocycles. The maximum absolute atomic E-state index is 12.8. The molecule has 0 aliphatic carbocycles. The van der Waals surface area contributed by atoms with Crippen LogP contribution in [0.1, 0.15) is 49.7 Å². The summed E-state index contributed by atoms with van der Waals surface area (Å²) in [7, 11) is 0. The van der Waals surface area contributed by atoms with E-state index in [2.05, 4.69) is 6.58 Å². The second kappa shape index (κ2) is 20.0. The molecule has 0 amide bonds. The molecule has 0 bridgehead atoms. The number of aliphatic hydroxyl groups is 2. The van der Waals surface area contributed by atoms with Crippen LogP contribution in [0.15, 0.2) is 72.8 Å². The molecule has 2 N–H and O–H groups in total. The molecule has 0 aliphatic rings. The first kappa shape index (κ1) is 34.2. The normalized spacial score (nSPS) is 12.0. The summed E-state index contributed by atoms with van der Waals surface area (Å²) < 4.78 is 21.1. The summed E-state index contributed by atoms with van der Waals surface area (Å²) >= 11 is 0. The van der Waals surface area contributed by atoms with Gasteiger partial charge in [0, 0.05) is 13.2 Å². The van der Waals surface area contributed by atoms with Crippen molar-refractivity contribution >= 4 is 23.9 Å². The average molecular weight is 585 g/mol. The molecule has 0 saturated heterocycles. The standard InChI is InChI=1S/C32H40O10/c1-24(17-19-34)15-16-28(32(38)42-23-26-12-6-3-7-13-26)30(36)40-21-20-39-29(35)27(14-8-9-18-33)31(37)41-22-25-10-4-2-5-11-25/h2-7,10-13,27-28,33-34H,1,8-9,14-23H2. The lowest BCUT2D eigenvalue weighted by molar-refractivity contribution is -0.169. The molecule has 0 fully saturated rings. The lowest BCUT2D eigenvalue weighted by Crippen LogP contribution is -2.31. The molecule has 2 atom stereocenters. The van der Waals surface area contributed by atoms with E-state index in [4.69, 9.17) is 29.2 Å². The van der Waals surface area contributed by atoms with Crippen molar-refractivity contribution in [1.29, 1.82) is 0 Å². The number of benzene rings is 2. The van der Waals surface area contributed by atoms with E-state index in [0.717, 1.165) is 11.1 Å². The molecule has 2 aromatic rings. The smallest absolute Gasteiger partial charge is 0.320 e. The van der Waals surface area contributed by atoms with Crippen molar-refractivity contribution in [3.63, 3.8) is 0 Å². The Hall–Kier alpha value is -4.02. The molecule has 0 radical (unpaired) electrons. The Bertz CT molecular complexity index is 1120. The number of unbranched alkanes of at least 4 members (excludes halogenated alkanes) is 1. The van der Waals surface area contributed by atoms with E-state index >= 15 is 0 Å². The van der Waals surface area contributed by atoms with Gasteiger partial charge in [0.15, 0.2) is 11.8 Å². The van der Waals surface area contributed by atoms with Crippen molar-refractivity contribution < 1.29 is 48.3 Å². The second-order valence-electron chi connectivity index (χ2n) is 9.61. The predicted octanol–water partition coefficient (Wildman–Crippen LogP) is 3.67. The molecule has 228 valence electrons. The minimum absolute atomic E-state index is 0.00639. The number of hydrogen-bond donors (Lipinski definition) is 2. The third-order valence-corrected chi connectivity index (χ3v) is 6.31. The lowest BCUT2D eigenvalue weighted by atomic mass is 9.99. The van der Waals surface area contributed by atoms with Crippen LogP contribution in [0, 0.1) is 11.8 Å². The summed E-state index contributed by atoms with van der Waals surface area (Å²) in [6.45, 7) is 2.95. The number of ether oxygens (including phenoxy) is 4. The van der Waals surface area contributed by atoms with Gasteiger partial charge in [0.05, 0.1) is 0 Å². The fourth-order valence-corrected chi connectivity index (χ4v) is 3.90. The van der Waals surface area contributed by atoms with Gasteiger partial charge in [-0.05, 0) is 49.7 Å². The maximum Gasteiger partial charge on any atom is 0.320 e. The van der Waals surface area contributed by atoms with E-state index in [9.17, 15) is 19.2 Å². The second-order valence-corrected chi connectivity index (χ2v) is 9.61. The van der Waals surface area contributed by atoms with Gasteiger partial charge in [-0.15, -0.1) is 0 Å². The van der Waals surface area contributed by atoms with Gasteiger partial charge in [0.1, 0.15) is 26.4 Å². The van der Waals surface area contributed by atoms with Crippen molar-refractivity contribution in [2.24, 2.45) is 11.8 Å². The topological polar surface area (TPSA) is 146 Å². The molecule has 0 aromatic heterocycles. The molecule has 10 nitrogen and oxygen atoms in total. The zero-order chi connectivity index (χ0) is 30.6. The Kier molecular flexibility index (Phi) is 16.2. The van der Waals surface area contributed by atoms with Gasteiger partial charge in [0.2, 0.25) is 0 Å². The Morgan fingerprint density at radius 3 is 1.50 bits per heavy atom. The molecular formula is C32H40O10. The van der Waals surface area contributed by atoms with Crippen LogP contribution in [-0.4, -0.2) is 60.5 Å². The van der Waals surface area contributed by atoms with Gasteiger partial charge in [0.25, 0.3) is 0 Å². The van der Waals surface area contributed by atoms with Gasteiger partial charge in [-0.3, -0.25) is 19.2 Å². The van der Waals surface area contributed by atoms with E-state index in [1.807, 2.05) is 12.1 Å². The van der Waals surface area contributed by atoms with E-state index in [1.54, 1.807) is 48.5 Å². The molecular weight excluding hydrogens is 544 g/mol. The van der Waals surface area contributed by atoms with Gasteiger partial charge in [-0.1, -0.05) is 72.8 Å². The van der Waals surface area contributed by atoms with Crippen LogP contribution < -0.4 is 0 Å². The lowest BCUT2D eigenvalue weighted by Gasteiger charge is -2.17. The van der Waals surface area contributed by atoms with Crippen molar-refractivity contribution in [1.82, 2.24) is 0 Å². The quantitative estimate of drug-likeness (QED) is 0.0777. The third-order valence-electron chi connectivity index (χ3n) is 6.31. The number of rotatable bonds is 20. The minimum atomic E-state index is -1.24. The highest BCUT2D eigenvalue weighted by Crippen LogP contribution is 2.18. The largest absolute Gasteiger partial charge is 0.461 e. The fourth-order valence-electron chi connectivity index (χ4n) is 3.90. The minimum Gasteiger partial charge on any atom is -0.461 e. The van der Waals surface area contributed by atoms with E-state index in [-0.39, 0.29) is 52.5 Å². The summed E-state index contributed by atoms with van der Waals surface area (Å²) in [5.41, 5.74) is 2.19. The van der Waals surface area contributed by atoms with Crippen LogP contribution in [-0.2, 0) is 51.3 Å². The molecule has 0 heterocycles. The van der Waals surface area contributed by atoms with Crippen molar-refractivity contribution in [3.8, 4) is 0 Å². The zero-order valence-corrected chi connectivity index (χ0v) is 23.8. The van der Waals surface area contributed by atoms with Crippen LogP contribution in [0.25, 0.3) is 0 Å². The maximum atomic E-state index is 12.8. The zero-order valence-electron chi connectivity index (χ0n) is 23.8. The number of carbonyl (C=O) groups is 4. The van der Waals surface area contributed by atoms with Gasteiger partial charge >= 0.3 is 23.9 Å². The average Bonchev–Trinajstić information content (AvgIpc) is 3.00. The Morgan fingerprint density at radius 2 is 1.05 bits per heavy atom. The molecule has 0 aliphatic heterocycles. The molecule has 2 rings (SSSR count). The van der Waals surface area contributed by atoms with Gasteiger partial charge in [-0.2, -0.15) is 0 Å². The van der Waals surface area contributed by atoms with E-state index in [0.29, 0.717) is 31.3 Å². The molecule has 10 heteroatoms. The van der Waals surface area contributed by atoms with Gasteiger partial charge in [-0.25, -0.2) is 0 Å². The number of hydrogen-bond acceptors (Lipinski definition) is 10. The fraction of sp³-hybridized carbons (Fsp3) is 0.438. The first-order valence-corrected chi connectivity index (χ1v) is 14.0. The summed E-state index contributed by atoms with van der Waals surface area (Å²) in [5.74, 6) is -5.62. The molecule has 42 heavy (non-hydrogen) atoms. The summed E-state index contributed by atoms with van der Waals surface area (Å²) in [4.78, 5) is 50.9. The number of carbonyl (C=O) groups excluding carboxylic acids is 4. The van der Waals surface area contributed by atoms with Crippen LogP contribution >= 0.6 is 0 Å². The SMILES string of the molecule is C=C(CCO)CCC(C(=O)OCCOC(=O)C(CCCCO)C(=O)OCc1ccccc1)C(=O)OCc1ccccc1. The Morgan fingerprint density at radius 1 is 0.595 bits per heavy atom. The summed E-state index contributed by atoms with van der Waals surface area (Å²) in [6.07, 6.45) is 1.64. The first-order valence-electron chi connectivity index (χ1n) is 14.0. The summed E-state index contributed by atoms with van der Waals surface area (Å²) in [6, 6.07) is 18.0. The predicted molar refractivity (Wildman–Crippen MR) is 152 cm³/mol. The number of esters is 4. The first-order chi connectivity index (χ1) is 20.3. The highest BCUT2D eigenvalue weighted by molar-refractivity contribution is 5.95. The molecule has 0 spiro atoms. The highest BCUT2D eigenvalue weighted by Gasteiger charge is 2.31. The number of aliphatic hydroxyl groups excluding tert-OH is 2. The van der Waals surface area contributed by atoms with Crippen molar-refractivity contribution in [2.75, 3.05) is 26.4 Å². The van der Waals surface area contributed by atoms with Crippen LogP contribution in [0.5, 0.6) is 0 Å².